The molecular formula is C18H28N4O2S. The average molecular weight is 365 g/mol. The maximum atomic E-state index is 12.5. The Kier molecular flexibility index (Phi) is 5.93. The van der Waals surface area contributed by atoms with Gasteiger partial charge in [-0.3, -0.25) is 10.1 Å². The highest BCUT2D eigenvalue weighted by molar-refractivity contribution is 7.13. The van der Waals surface area contributed by atoms with Gasteiger partial charge in [0.05, 0.1) is 12.1 Å². The average Bonchev–Trinajstić information content (AvgIpc) is 3.18. The Labute approximate surface area is 153 Å². The zero-order chi connectivity index (χ0) is 17.8. The van der Waals surface area contributed by atoms with Crippen LogP contribution in [0.5, 0.6) is 0 Å². The number of carbonyl (C=O) groups excluding carboxylic acids is 2. The Morgan fingerprint density at radius 3 is 2.60 bits per heavy atom. The number of likely N-dealkylation sites (tertiary alicyclic amines) is 1. The van der Waals surface area contributed by atoms with Crippen LogP contribution in [0, 0.1) is 11.8 Å². The summed E-state index contributed by atoms with van der Waals surface area (Å²) in [5, 5.41) is 8.18. The maximum absolute atomic E-state index is 12.5. The summed E-state index contributed by atoms with van der Waals surface area (Å²) < 4.78 is 0. The van der Waals surface area contributed by atoms with Gasteiger partial charge in [0, 0.05) is 24.5 Å². The summed E-state index contributed by atoms with van der Waals surface area (Å²) in [6, 6.07) is 0.0851. The van der Waals surface area contributed by atoms with E-state index >= 15 is 0 Å². The van der Waals surface area contributed by atoms with Crippen molar-refractivity contribution in [2.45, 2.75) is 58.4 Å². The topological polar surface area (TPSA) is 74.3 Å². The summed E-state index contributed by atoms with van der Waals surface area (Å²) >= 11 is 1.37. The number of piperidine rings is 1. The number of urea groups is 1. The Bertz CT molecular complexity index is 602. The molecule has 2 N–H and O–H groups in total. The molecule has 1 aliphatic carbocycles. The van der Waals surface area contributed by atoms with Gasteiger partial charge in [0.15, 0.2) is 5.13 Å². The van der Waals surface area contributed by atoms with Gasteiger partial charge in [-0.05, 0) is 31.1 Å². The molecule has 1 aromatic rings. The molecule has 2 heterocycles. The molecule has 138 valence electrons. The number of carbonyl (C=O) groups is 2. The van der Waals surface area contributed by atoms with E-state index in [9.17, 15) is 9.59 Å². The number of nitrogens with zero attached hydrogens (tertiary/aromatic N) is 2. The molecule has 0 bridgehead atoms. The van der Waals surface area contributed by atoms with Gasteiger partial charge in [-0.1, -0.05) is 26.7 Å². The van der Waals surface area contributed by atoms with E-state index in [0.29, 0.717) is 23.4 Å². The Hall–Kier alpha value is -1.63. The molecule has 0 radical (unpaired) electrons. The molecule has 1 saturated carbocycles. The number of amides is 3. The van der Waals surface area contributed by atoms with Gasteiger partial charge < -0.3 is 10.2 Å². The number of nitrogens with one attached hydrogen (secondary N) is 2. The first-order valence-corrected chi connectivity index (χ1v) is 10.2. The number of rotatable bonds is 4. The second-order valence-electron chi connectivity index (χ2n) is 7.65. The van der Waals surface area contributed by atoms with E-state index < -0.39 is 0 Å². The Morgan fingerprint density at radius 1 is 1.24 bits per heavy atom. The second kappa shape index (κ2) is 8.17. The van der Waals surface area contributed by atoms with Crippen LogP contribution in [0.1, 0.15) is 51.6 Å². The zero-order valence-corrected chi connectivity index (χ0v) is 15.9. The molecule has 7 heteroatoms. The van der Waals surface area contributed by atoms with Gasteiger partial charge in [-0.25, -0.2) is 9.78 Å². The molecule has 0 aromatic carbocycles. The maximum Gasteiger partial charge on any atom is 0.321 e. The van der Waals surface area contributed by atoms with Gasteiger partial charge >= 0.3 is 6.03 Å². The molecular weight excluding hydrogens is 336 g/mol. The first-order chi connectivity index (χ1) is 12.0. The fraction of sp³-hybridized carbons (Fsp3) is 0.722. The standard InChI is InChI=1S/C18H28N4O2S/c1-12-7-13(2)10-22(9-12)16(23)8-15-11-25-18(20-15)21-17(24)19-14-5-3-4-6-14/h11-14H,3-10H2,1-2H3,(H2,19,20,21,24). The Balaban J connectivity index is 1.49. The lowest BCUT2D eigenvalue weighted by Crippen LogP contribution is -2.43. The zero-order valence-electron chi connectivity index (χ0n) is 15.1. The molecule has 0 spiro atoms. The van der Waals surface area contributed by atoms with E-state index in [1.807, 2.05) is 10.3 Å². The summed E-state index contributed by atoms with van der Waals surface area (Å²) in [7, 11) is 0. The highest BCUT2D eigenvalue weighted by Gasteiger charge is 2.26. The third kappa shape index (κ3) is 5.17. The number of thiazole rings is 1. The number of anilines is 1. The van der Waals surface area contributed by atoms with Crippen molar-refractivity contribution in [1.82, 2.24) is 15.2 Å². The lowest BCUT2D eigenvalue weighted by Gasteiger charge is -2.35. The van der Waals surface area contributed by atoms with Crippen molar-refractivity contribution >= 4 is 28.4 Å². The first-order valence-electron chi connectivity index (χ1n) is 9.29. The summed E-state index contributed by atoms with van der Waals surface area (Å²) in [5.41, 5.74) is 0.733. The van der Waals surface area contributed by atoms with Crippen molar-refractivity contribution in [2.75, 3.05) is 18.4 Å². The van der Waals surface area contributed by atoms with E-state index in [1.54, 1.807) is 0 Å². The van der Waals surface area contributed by atoms with Crippen molar-refractivity contribution in [3.63, 3.8) is 0 Å². The SMILES string of the molecule is CC1CC(C)CN(C(=O)Cc2csc(NC(=O)NC3CCCC3)n2)C1. The largest absolute Gasteiger partial charge is 0.342 e. The number of aromatic nitrogens is 1. The van der Waals surface area contributed by atoms with E-state index in [-0.39, 0.29) is 18.0 Å². The van der Waals surface area contributed by atoms with Crippen molar-refractivity contribution in [2.24, 2.45) is 11.8 Å². The van der Waals surface area contributed by atoms with Gasteiger partial charge in [0.25, 0.3) is 0 Å². The van der Waals surface area contributed by atoms with Crippen LogP contribution in [0.25, 0.3) is 0 Å². The minimum atomic E-state index is -0.196. The molecule has 1 aliphatic heterocycles. The fourth-order valence-corrected chi connectivity index (χ4v) is 4.67. The third-order valence-corrected chi connectivity index (χ3v) is 5.82. The highest BCUT2D eigenvalue weighted by Crippen LogP contribution is 2.23. The fourth-order valence-electron chi connectivity index (χ4n) is 3.97. The van der Waals surface area contributed by atoms with Gasteiger partial charge in [0.2, 0.25) is 5.91 Å². The first kappa shape index (κ1) is 18.2. The molecule has 3 rings (SSSR count). The van der Waals surface area contributed by atoms with E-state index in [0.717, 1.165) is 31.6 Å². The van der Waals surface area contributed by atoms with Crippen LogP contribution < -0.4 is 10.6 Å². The van der Waals surface area contributed by atoms with Gasteiger partial charge in [0.1, 0.15) is 0 Å². The van der Waals surface area contributed by atoms with Gasteiger partial charge in [-0.2, -0.15) is 0 Å². The number of hydrogen-bond donors (Lipinski definition) is 2. The molecule has 3 amide bonds. The molecule has 2 fully saturated rings. The summed E-state index contributed by atoms with van der Waals surface area (Å²) in [4.78, 5) is 30.9. The third-order valence-electron chi connectivity index (χ3n) is 5.02. The van der Waals surface area contributed by atoms with Crippen LogP contribution in [0.4, 0.5) is 9.93 Å². The van der Waals surface area contributed by atoms with Gasteiger partial charge in [-0.15, -0.1) is 11.3 Å². The van der Waals surface area contributed by atoms with Crippen molar-refractivity contribution in [3.05, 3.63) is 11.1 Å². The smallest absolute Gasteiger partial charge is 0.321 e. The van der Waals surface area contributed by atoms with Crippen LogP contribution in [-0.2, 0) is 11.2 Å². The molecule has 2 aliphatic rings. The van der Waals surface area contributed by atoms with E-state index in [2.05, 4.69) is 29.5 Å². The summed E-state index contributed by atoms with van der Waals surface area (Å²) in [6.45, 7) is 6.07. The van der Waals surface area contributed by atoms with E-state index in [4.69, 9.17) is 0 Å². The summed E-state index contributed by atoms with van der Waals surface area (Å²) in [5.74, 6) is 1.24. The molecule has 2 unspecified atom stereocenters. The van der Waals surface area contributed by atoms with Crippen molar-refractivity contribution in [1.29, 1.82) is 0 Å². The van der Waals surface area contributed by atoms with Crippen LogP contribution in [-0.4, -0.2) is 41.0 Å². The van der Waals surface area contributed by atoms with Crippen LogP contribution in [0.15, 0.2) is 5.38 Å². The van der Waals surface area contributed by atoms with Crippen LogP contribution >= 0.6 is 11.3 Å². The second-order valence-corrected chi connectivity index (χ2v) is 8.50. The lowest BCUT2D eigenvalue weighted by molar-refractivity contribution is -0.133. The number of hydrogen-bond acceptors (Lipinski definition) is 4. The quantitative estimate of drug-likeness (QED) is 0.861. The Morgan fingerprint density at radius 2 is 1.92 bits per heavy atom. The molecule has 1 aromatic heterocycles. The lowest BCUT2D eigenvalue weighted by atomic mass is 9.92. The van der Waals surface area contributed by atoms with Crippen molar-refractivity contribution < 1.29 is 9.59 Å². The van der Waals surface area contributed by atoms with E-state index in [1.165, 1.54) is 30.6 Å². The monoisotopic (exact) mass is 364 g/mol. The van der Waals surface area contributed by atoms with Crippen LogP contribution in [0.2, 0.25) is 0 Å². The van der Waals surface area contributed by atoms with Crippen LogP contribution in [0.3, 0.4) is 0 Å². The summed E-state index contributed by atoms with van der Waals surface area (Å²) in [6.07, 6.45) is 5.96. The molecule has 25 heavy (non-hydrogen) atoms. The minimum Gasteiger partial charge on any atom is -0.342 e. The normalized spacial score (nSPS) is 24.3. The molecule has 6 nitrogen and oxygen atoms in total. The predicted octanol–water partition coefficient (Wildman–Crippen LogP) is 3.25. The molecule has 2 atom stereocenters. The van der Waals surface area contributed by atoms with Crippen molar-refractivity contribution in [3.8, 4) is 0 Å². The molecule has 1 saturated heterocycles. The minimum absolute atomic E-state index is 0.130. The predicted molar refractivity (Wildman–Crippen MR) is 99.8 cm³/mol. The highest BCUT2D eigenvalue weighted by atomic mass is 32.1.